The lowest BCUT2D eigenvalue weighted by Crippen LogP contribution is -2.33. The number of hydrogen-bond acceptors (Lipinski definition) is 4. The number of hydrogen-bond donors (Lipinski definition) is 0. The van der Waals surface area contributed by atoms with Gasteiger partial charge in [-0.3, -0.25) is 4.79 Å². The zero-order valence-electron chi connectivity index (χ0n) is 14.1. The van der Waals surface area contributed by atoms with E-state index in [-0.39, 0.29) is 30.8 Å². The van der Waals surface area contributed by atoms with Crippen molar-refractivity contribution in [2.24, 2.45) is 5.92 Å². The molecule has 5 nitrogen and oxygen atoms in total. The molecule has 1 unspecified atom stereocenters. The van der Waals surface area contributed by atoms with Gasteiger partial charge in [-0.15, -0.1) is 0 Å². The van der Waals surface area contributed by atoms with Crippen molar-refractivity contribution in [3.05, 3.63) is 48.0 Å². The van der Waals surface area contributed by atoms with Crippen LogP contribution in [0.4, 0.5) is 4.79 Å². The molecule has 2 aliphatic heterocycles. The molecule has 0 aliphatic carbocycles. The summed E-state index contributed by atoms with van der Waals surface area (Å²) in [6.45, 7) is 4.29. The number of nitrogens with zero attached hydrogens (tertiary/aromatic N) is 1. The summed E-state index contributed by atoms with van der Waals surface area (Å²) in [6.07, 6.45) is 5.00. The van der Waals surface area contributed by atoms with Crippen molar-refractivity contribution in [1.29, 1.82) is 0 Å². The number of benzene rings is 1. The van der Waals surface area contributed by atoms with E-state index in [0.29, 0.717) is 5.92 Å². The first-order valence-corrected chi connectivity index (χ1v) is 8.43. The first-order valence-electron chi connectivity index (χ1n) is 8.43. The number of imide groups is 1. The third kappa shape index (κ3) is 3.67. The molecule has 4 atom stereocenters. The number of amides is 2. The highest BCUT2D eigenvalue weighted by Gasteiger charge is 2.38. The van der Waals surface area contributed by atoms with E-state index in [1.54, 1.807) is 0 Å². The van der Waals surface area contributed by atoms with Crippen LogP contribution in [0.3, 0.4) is 0 Å². The Hall–Kier alpha value is -2.14. The van der Waals surface area contributed by atoms with Gasteiger partial charge >= 0.3 is 6.09 Å². The van der Waals surface area contributed by atoms with Crippen molar-refractivity contribution >= 4 is 12.0 Å². The zero-order chi connectivity index (χ0) is 17.1. The Morgan fingerprint density at radius 3 is 2.50 bits per heavy atom. The van der Waals surface area contributed by atoms with E-state index in [9.17, 15) is 9.59 Å². The average molecular weight is 329 g/mol. The lowest BCUT2D eigenvalue weighted by molar-refractivity contribution is -0.124. The quantitative estimate of drug-likeness (QED) is 0.797. The summed E-state index contributed by atoms with van der Waals surface area (Å²) in [5.74, 6) is -0.0281. The van der Waals surface area contributed by atoms with Crippen LogP contribution in [0.5, 0.6) is 0 Å². The SMILES string of the molecule is C[C@@H]1CC(/C=C/C(=O)N2C(=O)OC[C@H]2c2ccccc2)C[C@H](C)O1. The maximum absolute atomic E-state index is 12.6. The summed E-state index contributed by atoms with van der Waals surface area (Å²) in [6, 6.07) is 9.13. The second-order valence-electron chi connectivity index (χ2n) is 6.56. The number of ether oxygens (including phenoxy) is 2. The number of carbonyl (C=O) groups is 2. The molecule has 5 heteroatoms. The van der Waals surface area contributed by atoms with Crippen molar-refractivity contribution in [3.8, 4) is 0 Å². The summed E-state index contributed by atoms with van der Waals surface area (Å²) < 4.78 is 10.8. The van der Waals surface area contributed by atoms with Crippen LogP contribution in [0.1, 0.15) is 38.3 Å². The van der Waals surface area contributed by atoms with E-state index in [4.69, 9.17) is 9.47 Å². The number of cyclic esters (lactones) is 1. The summed E-state index contributed by atoms with van der Waals surface area (Å²) in [5.41, 5.74) is 0.901. The minimum atomic E-state index is -0.577. The minimum absolute atomic E-state index is 0.187. The second kappa shape index (κ2) is 7.18. The third-order valence-electron chi connectivity index (χ3n) is 4.54. The fraction of sp³-hybridized carbons (Fsp3) is 0.474. The van der Waals surface area contributed by atoms with Crippen LogP contribution >= 0.6 is 0 Å². The van der Waals surface area contributed by atoms with Gasteiger partial charge in [0.2, 0.25) is 0 Å². The van der Waals surface area contributed by atoms with Crippen molar-refractivity contribution in [3.63, 3.8) is 0 Å². The monoisotopic (exact) mass is 329 g/mol. The van der Waals surface area contributed by atoms with Gasteiger partial charge in [-0.25, -0.2) is 9.69 Å². The third-order valence-corrected chi connectivity index (χ3v) is 4.54. The minimum Gasteiger partial charge on any atom is -0.446 e. The number of carbonyl (C=O) groups excluding carboxylic acids is 2. The highest BCUT2D eigenvalue weighted by molar-refractivity contribution is 5.99. The van der Waals surface area contributed by atoms with Gasteiger partial charge in [0.1, 0.15) is 12.6 Å². The summed E-state index contributed by atoms with van der Waals surface area (Å²) >= 11 is 0. The van der Waals surface area contributed by atoms with Crippen LogP contribution in [0.25, 0.3) is 0 Å². The van der Waals surface area contributed by atoms with Gasteiger partial charge in [-0.1, -0.05) is 36.4 Å². The molecule has 24 heavy (non-hydrogen) atoms. The van der Waals surface area contributed by atoms with Crippen LogP contribution in [0.2, 0.25) is 0 Å². The standard InChI is InChI=1S/C19H23NO4/c1-13-10-15(11-14(2)24-13)8-9-18(21)20-17(12-23-19(20)22)16-6-4-3-5-7-16/h3-9,13-15,17H,10-12H2,1-2H3/b9-8+/t13-,14+,15?,17-/m0/s1. The largest absolute Gasteiger partial charge is 0.446 e. The molecule has 1 aromatic carbocycles. The van der Waals surface area contributed by atoms with Crippen LogP contribution in [0, 0.1) is 5.92 Å². The predicted molar refractivity (Wildman–Crippen MR) is 89.3 cm³/mol. The normalized spacial score (nSPS) is 30.6. The van der Waals surface area contributed by atoms with Crippen LogP contribution in [-0.2, 0) is 14.3 Å². The number of rotatable bonds is 3. The van der Waals surface area contributed by atoms with Crippen LogP contribution in [-0.4, -0.2) is 35.7 Å². The molecule has 2 saturated heterocycles. The van der Waals surface area contributed by atoms with Gasteiger partial charge in [0.05, 0.1) is 12.2 Å². The van der Waals surface area contributed by atoms with E-state index in [2.05, 4.69) is 0 Å². The van der Waals surface area contributed by atoms with Gasteiger partial charge < -0.3 is 9.47 Å². The lowest BCUT2D eigenvalue weighted by Gasteiger charge is -2.30. The fourth-order valence-electron chi connectivity index (χ4n) is 3.50. The first kappa shape index (κ1) is 16.7. The van der Waals surface area contributed by atoms with E-state index < -0.39 is 6.09 Å². The van der Waals surface area contributed by atoms with Crippen molar-refractivity contribution in [2.45, 2.75) is 44.9 Å². The van der Waals surface area contributed by atoms with Crippen molar-refractivity contribution in [1.82, 2.24) is 4.90 Å². The Labute approximate surface area is 142 Å². The average Bonchev–Trinajstić information content (AvgIpc) is 2.94. The molecule has 0 spiro atoms. The highest BCUT2D eigenvalue weighted by atomic mass is 16.6. The molecule has 0 radical (unpaired) electrons. The molecule has 2 fully saturated rings. The van der Waals surface area contributed by atoms with Crippen molar-refractivity contribution in [2.75, 3.05) is 6.61 Å². The van der Waals surface area contributed by atoms with Crippen LogP contribution in [0.15, 0.2) is 42.5 Å². The second-order valence-corrected chi connectivity index (χ2v) is 6.56. The number of allylic oxidation sites excluding steroid dienone is 1. The molecule has 1 aromatic rings. The topological polar surface area (TPSA) is 55.8 Å². The fourth-order valence-corrected chi connectivity index (χ4v) is 3.50. The van der Waals surface area contributed by atoms with Gasteiger partial charge in [0.15, 0.2) is 0 Å². The Balaban J connectivity index is 1.70. The molecule has 0 aromatic heterocycles. The Kier molecular flexibility index (Phi) is 5.00. The Bertz CT molecular complexity index is 618. The molecular weight excluding hydrogens is 306 g/mol. The highest BCUT2D eigenvalue weighted by Crippen LogP contribution is 2.29. The van der Waals surface area contributed by atoms with Gasteiger partial charge in [0.25, 0.3) is 5.91 Å². The molecule has 128 valence electrons. The molecule has 0 saturated carbocycles. The molecule has 2 heterocycles. The van der Waals surface area contributed by atoms with Gasteiger partial charge in [0, 0.05) is 0 Å². The van der Waals surface area contributed by atoms with E-state index >= 15 is 0 Å². The summed E-state index contributed by atoms with van der Waals surface area (Å²) in [4.78, 5) is 25.7. The summed E-state index contributed by atoms with van der Waals surface area (Å²) in [5, 5.41) is 0. The zero-order valence-corrected chi connectivity index (χ0v) is 14.1. The molecular formula is C19H23NO4. The van der Waals surface area contributed by atoms with E-state index in [1.807, 2.05) is 50.3 Å². The predicted octanol–water partition coefficient (Wildman–Crippen LogP) is 3.47. The Morgan fingerprint density at radius 2 is 1.83 bits per heavy atom. The van der Waals surface area contributed by atoms with Gasteiger partial charge in [-0.2, -0.15) is 0 Å². The smallest absolute Gasteiger partial charge is 0.417 e. The summed E-state index contributed by atoms with van der Waals surface area (Å²) in [7, 11) is 0. The first-order chi connectivity index (χ1) is 11.5. The molecule has 2 aliphatic rings. The van der Waals surface area contributed by atoms with Crippen LogP contribution < -0.4 is 0 Å². The maximum atomic E-state index is 12.6. The molecule has 0 bridgehead atoms. The van der Waals surface area contributed by atoms with Crippen molar-refractivity contribution < 1.29 is 19.1 Å². The molecule has 0 N–H and O–H groups in total. The van der Waals surface area contributed by atoms with E-state index in [0.717, 1.165) is 18.4 Å². The molecule has 3 rings (SSSR count). The Morgan fingerprint density at radius 1 is 1.17 bits per heavy atom. The molecule has 2 amide bonds. The van der Waals surface area contributed by atoms with E-state index in [1.165, 1.54) is 11.0 Å². The van der Waals surface area contributed by atoms with Gasteiger partial charge in [-0.05, 0) is 44.2 Å². The lowest BCUT2D eigenvalue weighted by atomic mass is 9.92. The maximum Gasteiger partial charge on any atom is 0.417 e.